The Balaban J connectivity index is -0.000000232. The van der Waals surface area contributed by atoms with Crippen LogP contribution < -0.4 is 0 Å². The molecule has 0 heterocycles. The van der Waals surface area contributed by atoms with Gasteiger partial charge >= 0.3 is 0 Å². The highest BCUT2D eigenvalue weighted by molar-refractivity contribution is 5.37. The van der Waals surface area contributed by atoms with Crippen LogP contribution in [-0.2, 0) is 12.8 Å². The van der Waals surface area contributed by atoms with Gasteiger partial charge in [-0.15, -0.1) is 0 Å². The van der Waals surface area contributed by atoms with Crippen LogP contribution in [0.15, 0.2) is 12.1 Å². The van der Waals surface area contributed by atoms with E-state index in [9.17, 15) is 0 Å². The van der Waals surface area contributed by atoms with E-state index in [0.29, 0.717) is 0 Å². The Bertz CT molecular complexity index is 409. The van der Waals surface area contributed by atoms with E-state index in [-0.39, 0.29) is 0 Å². The Kier molecular flexibility index (Phi) is 33.0. The number of unbranched alkanes of at least 4 members (excludes halogenated alkanes) is 2. The minimum absolute atomic E-state index is 0.797. The normalized spacial score (nSPS) is 9.61. The molecule has 0 atom stereocenters. The topological polar surface area (TPSA) is 0 Å². The SMILES string of the molecule is CC.CC.CC(C)C.CCCCC.Cc1cc(CCC(C)C)c(C)cc1CCC(C)C. The van der Waals surface area contributed by atoms with Gasteiger partial charge in [-0.05, 0) is 79.5 Å². The van der Waals surface area contributed by atoms with E-state index in [1.807, 2.05) is 27.7 Å². The van der Waals surface area contributed by atoms with Crippen LogP contribution in [0.1, 0.15) is 144 Å². The van der Waals surface area contributed by atoms with E-state index in [4.69, 9.17) is 0 Å². The minimum Gasteiger partial charge on any atom is -0.0683 e. The highest BCUT2D eigenvalue weighted by Crippen LogP contribution is 2.21. The van der Waals surface area contributed by atoms with Crippen molar-refractivity contribution >= 4 is 0 Å². The molecule has 188 valence electrons. The zero-order valence-electron chi connectivity index (χ0n) is 24.8. The molecule has 0 aliphatic rings. The summed E-state index contributed by atoms with van der Waals surface area (Å²) in [6.07, 6.45) is 9.13. The molecule has 0 aliphatic carbocycles. The van der Waals surface area contributed by atoms with Crippen LogP contribution in [0.2, 0.25) is 0 Å². The van der Waals surface area contributed by atoms with Crippen molar-refractivity contribution in [3.05, 3.63) is 34.4 Å². The van der Waals surface area contributed by atoms with Crippen molar-refractivity contribution in [1.82, 2.24) is 0 Å². The predicted octanol–water partition coefficient (Wildman–Crippen LogP) is 11.4. The average Bonchev–Trinajstić information content (AvgIpc) is 2.71. The van der Waals surface area contributed by atoms with Gasteiger partial charge in [0.2, 0.25) is 0 Å². The molecule has 0 radical (unpaired) electrons. The fourth-order valence-corrected chi connectivity index (χ4v) is 2.72. The lowest BCUT2D eigenvalue weighted by molar-refractivity contribution is 0.581. The standard InChI is InChI=1S/C18H30.C5H12.C4H10.2C2H6/c1-13(2)7-9-17-11-16(6)18(12-15(17)5)10-8-14(3)4;1-3-5-4-2;1-4(2)3;2*1-2/h11-14H,7-10H2,1-6H3;3-5H2,1-2H3;4H,1-3H3;2*1-2H3. The van der Waals surface area contributed by atoms with E-state index in [0.717, 1.165) is 17.8 Å². The maximum atomic E-state index is 2.42. The quantitative estimate of drug-likeness (QED) is 0.380. The fourth-order valence-electron chi connectivity index (χ4n) is 2.72. The molecule has 0 saturated carbocycles. The third kappa shape index (κ3) is 29.2. The summed E-state index contributed by atoms with van der Waals surface area (Å²) >= 11 is 0. The zero-order valence-corrected chi connectivity index (χ0v) is 24.8. The second-order valence-corrected chi connectivity index (χ2v) is 9.66. The van der Waals surface area contributed by atoms with Gasteiger partial charge in [0, 0.05) is 0 Å². The van der Waals surface area contributed by atoms with Gasteiger partial charge in [-0.1, -0.05) is 121 Å². The lowest BCUT2D eigenvalue weighted by atomic mass is 9.92. The van der Waals surface area contributed by atoms with Crippen molar-refractivity contribution in [2.75, 3.05) is 0 Å². The van der Waals surface area contributed by atoms with E-state index < -0.39 is 0 Å². The van der Waals surface area contributed by atoms with Crippen molar-refractivity contribution < 1.29 is 0 Å². The molecule has 0 heteroatoms. The average molecular weight is 437 g/mol. The molecule has 0 aliphatic heterocycles. The Labute approximate surface area is 201 Å². The first kappa shape index (κ1) is 37.5. The van der Waals surface area contributed by atoms with Crippen molar-refractivity contribution in [2.45, 2.75) is 149 Å². The molecule has 0 bridgehead atoms. The van der Waals surface area contributed by atoms with Gasteiger partial charge in [-0.3, -0.25) is 0 Å². The zero-order chi connectivity index (χ0) is 25.4. The second kappa shape index (κ2) is 27.3. The maximum Gasteiger partial charge on any atom is -0.0274 e. The first-order valence-electron chi connectivity index (χ1n) is 13.6. The largest absolute Gasteiger partial charge is 0.0683 e. The highest BCUT2D eigenvalue weighted by Gasteiger charge is 2.06. The molecule has 1 aromatic carbocycles. The van der Waals surface area contributed by atoms with Gasteiger partial charge in [0.15, 0.2) is 0 Å². The number of hydrogen-bond donors (Lipinski definition) is 0. The third-order valence-electron chi connectivity index (χ3n) is 4.48. The summed E-state index contributed by atoms with van der Waals surface area (Å²) in [7, 11) is 0. The summed E-state index contributed by atoms with van der Waals surface area (Å²) in [5.74, 6) is 2.43. The Hall–Kier alpha value is -0.780. The van der Waals surface area contributed by atoms with Crippen LogP contribution in [0.4, 0.5) is 0 Å². The van der Waals surface area contributed by atoms with E-state index in [1.54, 1.807) is 11.1 Å². The Morgan fingerprint density at radius 2 is 0.839 bits per heavy atom. The molecular formula is C31H64. The first-order chi connectivity index (χ1) is 14.5. The summed E-state index contributed by atoms with van der Waals surface area (Å²) in [6, 6.07) is 4.85. The van der Waals surface area contributed by atoms with E-state index >= 15 is 0 Å². The van der Waals surface area contributed by atoms with Gasteiger partial charge in [-0.25, -0.2) is 0 Å². The minimum atomic E-state index is 0.797. The van der Waals surface area contributed by atoms with Crippen LogP contribution >= 0.6 is 0 Å². The van der Waals surface area contributed by atoms with Crippen LogP contribution in [0.25, 0.3) is 0 Å². The molecule has 1 rings (SSSR count). The lowest BCUT2D eigenvalue weighted by Gasteiger charge is -2.14. The lowest BCUT2D eigenvalue weighted by Crippen LogP contribution is -2.00. The van der Waals surface area contributed by atoms with Gasteiger partial charge < -0.3 is 0 Å². The third-order valence-corrected chi connectivity index (χ3v) is 4.48. The maximum absolute atomic E-state index is 2.42. The first-order valence-corrected chi connectivity index (χ1v) is 13.6. The van der Waals surface area contributed by atoms with Crippen molar-refractivity contribution in [3.63, 3.8) is 0 Å². The molecule has 0 spiro atoms. The number of hydrogen-bond acceptors (Lipinski definition) is 0. The van der Waals surface area contributed by atoms with Crippen molar-refractivity contribution in [3.8, 4) is 0 Å². The second-order valence-electron chi connectivity index (χ2n) is 9.66. The molecule has 0 amide bonds. The van der Waals surface area contributed by atoms with Gasteiger partial charge in [0.1, 0.15) is 0 Å². The molecule has 0 fully saturated rings. The van der Waals surface area contributed by atoms with E-state index in [1.165, 1.54) is 56.1 Å². The van der Waals surface area contributed by atoms with Gasteiger partial charge in [-0.2, -0.15) is 0 Å². The molecule has 0 aromatic heterocycles. The van der Waals surface area contributed by atoms with Gasteiger partial charge in [0.25, 0.3) is 0 Å². The van der Waals surface area contributed by atoms with Crippen molar-refractivity contribution in [2.24, 2.45) is 17.8 Å². The fraction of sp³-hybridized carbons (Fsp3) is 0.806. The number of aryl methyl sites for hydroxylation is 4. The predicted molar refractivity (Wildman–Crippen MR) is 151 cm³/mol. The number of rotatable bonds is 8. The van der Waals surface area contributed by atoms with Crippen LogP contribution in [0.5, 0.6) is 0 Å². The molecule has 1 aromatic rings. The summed E-state index contributed by atoms with van der Waals surface area (Å²) in [5, 5.41) is 0. The van der Waals surface area contributed by atoms with E-state index in [2.05, 4.69) is 88.3 Å². The molecule has 31 heavy (non-hydrogen) atoms. The van der Waals surface area contributed by atoms with Crippen molar-refractivity contribution in [1.29, 1.82) is 0 Å². The Morgan fingerprint density at radius 3 is 1.00 bits per heavy atom. The highest BCUT2D eigenvalue weighted by atomic mass is 14.1. The monoisotopic (exact) mass is 437 g/mol. The summed E-state index contributed by atoms with van der Waals surface area (Å²) in [5.41, 5.74) is 6.07. The summed E-state index contributed by atoms with van der Waals surface area (Å²) in [4.78, 5) is 0. The van der Waals surface area contributed by atoms with Crippen LogP contribution in [-0.4, -0.2) is 0 Å². The smallest absolute Gasteiger partial charge is 0.0274 e. The molecular weight excluding hydrogens is 372 g/mol. The molecule has 0 unspecified atom stereocenters. The summed E-state index contributed by atoms with van der Waals surface area (Å²) < 4.78 is 0. The van der Waals surface area contributed by atoms with Crippen LogP contribution in [0.3, 0.4) is 0 Å². The van der Waals surface area contributed by atoms with Crippen LogP contribution in [0, 0.1) is 31.6 Å². The van der Waals surface area contributed by atoms with Gasteiger partial charge in [0.05, 0.1) is 0 Å². The number of benzene rings is 1. The molecule has 0 saturated heterocycles. The summed E-state index contributed by atoms with van der Waals surface area (Å²) in [6.45, 7) is 32.7. The molecule has 0 nitrogen and oxygen atoms in total. The molecule has 0 N–H and O–H groups in total. The Morgan fingerprint density at radius 1 is 0.581 bits per heavy atom.